The molecule has 1 unspecified atom stereocenters. The molecule has 2 heteroatoms. The maximum atomic E-state index is 5.87. The summed E-state index contributed by atoms with van der Waals surface area (Å²) in [7, 11) is 0. The molecule has 0 amide bonds. The van der Waals surface area contributed by atoms with Gasteiger partial charge in [-0.15, -0.1) is 0 Å². The van der Waals surface area contributed by atoms with Crippen LogP contribution in [0.2, 0.25) is 0 Å². The van der Waals surface area contributed by atoms with Crippen molar-refractivity contribution >= 4 is 5.69 Å². The van der Waals surface area contributed by atoms with Crippen molar-refractivity contribution in [3.63, 3.8) is 0 Å². The molecule has 2 N–H and O–H groups in total. The van der Waals surface area contributed by atoms with Gasteiger partial charge in [0.15, 0.2) is 0 Å². The fourth-order valence-electron chi connectivity index (χ4n) is 2.37. The molecule has 1 aliphatic carbocycles. The zero-order valence-corrected chi connectivity index (χ0v) is 12.9. The van der Waals surface area contributed by atoms with Crippen LogP contribution in [0.3, 0.4) is 0 Å². The first-order chi connectivity index (χ1) is 9.36. The number of ether oxygens (including phenoxy) is 1. The highest BCUT2D eigenvalue weighted by Crippen LogP contribution is 2.47. The van der Waals surface area contributed by atoms with Crippen molar-refractivity contribution < 1.29 is 4.74 Å². The summed E-state index contributed by atoms with van der Waals surface area (Å²) in [4.78, 5) is 0. The minimum atomic E-state index is 0.190. The monoisotopic (exact) mass is 271 g/mol. The normalized spacial score (nSPS) is 22.5. The van der Waals surface area contributed by atoms with Crippen LogP contribution in [0.15, 0.2) is 48.3 Å². The van der Waals surface area contributed by atoms with E-state index in [0.29, 0.717) is 0 Å². The van der Waals surface area contributed by atoms with Gasteiger partial charge in [-0.3, -0.25) is 0 Å². The Bertz CT molecular complexity index is 525. The maximum absolute atomic E-state index is 5.87. The van der Waals surface area contributed by atoms with Gasteiger partial charge in [-0.2, -0.15) is 0 Å². The Labute approximate surface area is 122 Å². The van der Waals surface area contributed by atoms with Crippen LogP contribution < -0.4 is 10.5 Å². The summed E-state index contributed by atoms with van der Waals surface area (Å²) < 4.78 is 5.87. The third-order valence-electron chi connectivity index (χ3n) is 4.89. The van der Waals surface area contributed by atoms with Gasteiger partial charge >= 0.3 is 0 Å². The van der Waals surface area contributed by atoms with E-state index < -0.39 is 0 Å². The lowest BCUT2D eigenvalue weighted by Crippen LogP contribution is -2.33. The van der Waals surface area contributed by atoms with Crippen LogP contribution >= 0.6 is 0 Å². The predicted molar refractivity (Wildman–Crippen MR) is 85.5 cm³/mol. The quantitative estimate of drug-likeness (QED) is 0.788. The number of benzene rings is 1. The van der Waals surface area contributed by atoms with Crippen LogP contribution in [0.25, 0.3) is 0 Å². The topological polar surface area (TPSA) is 35.2 Å². The highest BCUT2D eigenvalue weighted by Gasteiger charge is 2.37. The smallest absolute Gasteiger partial charge is 0.127 e. The second-order valence-electron chi connectivity index (χ2n) is 6.47. The zero-order chi connectivity index (χ0) is 14.8. The van der Waals surface area contributed by atoms with E-state index in [1.54, 1.807) is 0 Å². The van der Waals surface area contributed by atoms with Gasteiger partial charge in [0, 0.05) is 5.69 Å². The van der Waals surface area contributed by atoms with E-state index in [0.717, 1.165) is 30.0 Å². The van der Waals surface area contributed by atoms with Crippen molar-refractivity contribution in [2.45, 2.75) is 40.5 Å². The second-order valence-corrected chi connectivity index (χ2v) is 6.47. The van der Waals surface area contributed by atoms with E-state index in [1.807, 2.05) is 24.3 Å². The van der Waals surface area contributed by atoms with Crippen LogP contribution in [0.1, 0.15) is 40.5 Å². The molecule has 2 nitrogen and oxygen atoms in total. The molecule has 108 valence electrons. The number of anilines is 1. The maximum Gasteiger partial charge on any atom is 0.127 e. The fourth-order valence-corrected chi connectivity index (χ4v) is 2.37. The van der Waals surface area contributed by atoms with Gasteiger partial charge in [0.05, 0.1) is 0 Å². The third-order valence-corrected chi connectivity index (χ3v) is 4.89. The molecular formula is C18H25NO. The molecule has 0 saturated heterocycles. The van der Waals surface area contributed by atoms with Gasteiger partial charge in [0.1, 0.15) is 11.5 Å². The molecular weight excluding hydrogens is 246 g/mol. The SMILES string of the molecule is CCC(C)(C)C1(C)C=CC(Oc2ccc(N)cc2)=CC1. The minimum Gasteiger partial charge on any atom is -0.458 e. The first-order valence-corrected chi connectivity index (χ1v) is 7.29. The molecule has 0 spiro atoms. The van der Waals surface area contributed by atoms with E-state index in [9.17, 15) is 0 Å². The minimum absolute atomic E-state index is 0.190. The van der Waals surface area contributed by atoms with Gasteiger partial charge in [-0.05, 0) is 53.7 Å². The Morgan fingerprint density at radius 1 is 1.25 bits per heavy atom. The average molecular weight is 271 g/mol. The van der Waals surface area contributed by atoms with Crippen LogP contribution in [-0.4, -0.2) is 0 Å². The van der Waals surface area contributed by atoms with Gasteiger partial charge in [0.25, 0.3) is 0 Å². The summed E-state index contributed by atoms with van der Waals surface area (Å²) in [5.74, 6) is 1.74. The van der Waals surface area contributed by atoms with Crippen molar-refractivity contribution in [1.82, 2.24) is 0 Å². The lowest BCUT2D eigenvalue weighted by molar-refractivity contribution is 0.137. The Balaban J connectivity index is 2.07. The molecule has 1 atom stereocenters. The van der Waals surface area contributed by atoms with Crippen molar-refractivity contribution in [1.29, 1.82) is 0 Å². The van der Waals surface area contributed by atoms with Crippen molar-refractivity contribution in [2.24, 2.45) is 10.8 Å². The van der Waals surface area contributed by atoms with E-state index in [1.165, 1.54) is 0 Å². The highest BCUT2D eigenvalue weighted by atomic mass is 16.5. The number of allylic oxidation sites excluding steroid dienone is 3. The summed E-state index contributed by atoms with van der Waals surface area (Å²) in [5.41, 5.74) is 6.90. The van der Waals surface area contributed by atoms with E-state index in [2.05, 4.69) is 45.9 Å². The molecule has 0 radical (unpaired) electrons. The highest BCUT2D eigenvalue weighted by molar-refractivity contribution is 5.42. The van der Waals surface area contributed by atoms with Crippen molar-refractivity contribution in [3.8, 4) is 5.75 Å². The third kappa shape index (κ3) is 2.90. The van der Waals surface area contributed by atoms with Gasteiger partial charge in [-0.1, -0.05) is 40.2 Å². The fraction of sp³-hybridized carbons (Fsp3) is 0.444. The van der Waals surface area contributed by atoms with Crippen LogP contribution in [0, 0.1) is 10.8 Å². The molecule has 0 saturated carbocycles. The van der Waals surface area contributed by atoms with Crippen molar-refractivity contribution in [3.05, 3.63) is 48.3 Å². The summed E-state index contributed by atoms with van der Waals surface area (Å²) in [5, 5.41) is 0. The number of hydrogen-bond donors (Lipinski definition) is 1. The Morgan fingerprint density at radius 2 is 1.90 bits per heavy atom. The summed E-state index contributed by atoms with van der Waals surface area (Å²) in [6.07, 6.45) is 8.75. The Morgan fingerprint density at radius 3 is 2.40 bits per heavy atom. The molecule has 1 aromatic carbocycles. The molecule has 0 aromatic heterocycles. The molecule has 1 aromatic rings. The van der Waals surface area contributed by atoms with Crippen molar-refractivity contribution in [2.75, 3.05) is 5.73 Å². The average Bonchev–Trinajstić information content (AvgIpc) is 2.44. The summed E-state index contributed by atoms with van der Waals surface area (Å²) in [6, 6.07) is 7.50. The number of nitrogens with two attached hydrogens (primary N) is 1. The molecule has 0 heterocycles. The second kappa shape index (κ2) is 5.35. The largest absolute Gasteiger partial charge is 0.458 e. The predicted octanol–water partition coefficient (Wildman–Crippen LogP) is 4.93. The molecule has 2 rings (SSSR count). The summed E-state index contributed by atoms with van der Waals surface area (Å²) in [6.45, 7) is 9.24. The van der Waals surface area contributed by atoms with Crippen LogP contribution in [-0.2, 0) is 0 Å². The van der Waals surface area contributed by atoms with Gasteiger partial charge in [0.2, 0.25) is 0 Å². The number of rotatable bonds is 4. The molecule has 20 heavy (non-hydrogen) atoms. The molecule has 0 fully saturated rings. The Hall–Kier alpha value is -1.70. The van der Waals surface area contributed by atoms with Gasteiger partial charge < -0.3 is 10.5 Å². The molecule has 0 aliphatic heterocycles. The number of hydrogen-bond acceptors (Lipinski definition) is 2. The lowest BCUT2D eigenvalue weighted by Gasteiger charge is -2.43. The first-order valence-electron chi connectivity index (χ1n) is 7.29. The Kier molecular flexibility index (Phi) is 3.94. The van der Waals surface area contributed by atoms with E-state index >= 15 is 0 Å². The van der Waals surface area contributed by atoms with E-state index in [4.69, 9.17) is 10.5 Å². The molecule has 0 bridgehead atoms. The standard InChI is InChI=1S/C18H25NO/c1-5-17(2,3)18(4)12-10-16(11-13-18)20-15-8-6-14(19)7-9-15/h6-12H,5,13,19H2,1-4H3. The first kappa shape index (κ1) is 14.7. The lowest BCUT2D eigenvalue weighted by atomic mass is 9.62. The zero-order valence-electron chi connectivity index (χ0n) is 12.9. The van der Waals surface area contributed by atoms with Gasteiger partial charge in [-0.25, -0.2) is 0 Å². The van der Waals surface area contributed by atoms with Crippen LogP contribution in [0.4, 0.5) is 5.69 Å². The summed E-state index contributed by atoms with van der Waals surface area (Å²) >= 11 is 0. The molecule has 1 aliphatic rings. The van der Waals surface area contributed by atoms with E-state index in [-0.39, 0.29) is 10.8 Å². The number of nitrogen functional groups attached to an aromatic ring is 1. The van der Waals surface area contributed by atoms with Crippen LogP contribution in [0.5, 0.6) is 5.75 Å².